The molecule has 0 heterocycles. The van der Waals surface area contributed by atoms with Crippen molar-refractivity contribution in [1.82, 2.24) is 5.32 Å². The lowest BCUT2D eigenvalue weighted by Gasteiger charge is -2.24. The number of ether oxygens (including phenoxy) is 1. The molecule has 0 aliphatic carbocycles. The zero-order chi connectivity index (χ0) is 42.4. The van der Waals surface area contributed by atoms with Crippen LogP contribution in [0.15, 0.2) is 24.3 Å². The molecule has 3 unspecified atom stereocenters. The van der Waals surface area contributed by atoms with Crippen LogP contribution >= 0.6 is 0 Å². The van der Waals surface area contributed by atoms with Crippen molar-refractivity contribution in [3.8, 4) is 0 Å². The van der Waals surface area contributed by atoms with Gasteiger partial charge < -0.3 is 20.3 Å². The van der Waals surface area contributed by atoms with Gasteiger partial charge in [-0.05, 0) is 51.4 Å². The highest BCUT2D eigenvalue weighted by atomic mass is 16.5. The Bertz CT molecular complexity index is 919. The maximum Gasteiger partial charge on any atom is 0.306 e. The van der Waals surface area contributed by atoms with Gasteiger partial charge in [-0.2, -0.15) is 0 Å². The number of allylic oxidation sites excluding steroid dienone is 4. The Kier molecular flexibility index (Phi) is 45.1. The van der Waals surface area contributed by atoms with Gasteiger partial charge in [-0.3, -0.25) is 9.59 Å². The van der Waals surface area contributed by atoms with Gasteiger partial charge in [-0.25, -0.2) is 0 Å². The van der Waals surface area contributed by atoms with E-state index in [0.717, 1.165) is 51.4 Å². The van der Waals surface area contributed by atoms with Gasteiger partial charge in [-0.1, -0.05) is 231 Å². The van der Waals surface area contributed by atoms with Crippen LogP contribution in [-0.4, -0.2) is 46.9 Å². The van der Waals surface area contributed by atoms with Gasteiger partial charge >= 0.3 is 5.97 Å². The topological polar surface area (TPSA) is 95.9 Å². The van der Waals surface area contributed by atoms with E-state index in [9.17, 15) is 19.8 Å². The predicted molar refractivity (Wildman–Crippen MR) is 250 cm³/mol. The molecule has 0 saturated heterocycles. The molecule has 6 nitrogen and oxygen atoms in total. The minimum absolute atomic E-state index is 0.0779. The van der Waals surface area contributed by atoms with E-state index in [4.69, 9.17) is 4.74 Å². The first kappa shape index (κ1) is 56.3. The lowest BCUT2D eigenvalue weighted by atomic mass is 10.0. The number of hydrogen-bond donors (Lipinski definition) is 3. The number of nitrogens with one attached hydrogen (secondary N) is 1. The van der Waals surface area contributed by atoms with Crippen LogP contribution in [0.3, 0.4) is 0 Å². The van der Waals surface area contributed by atoms with Crippen molar-refractivity contribution in [3.63, 3.8) is 0 Å². The van der Waals surface area contributed by atoms with Crippen LogP contribution in [0.25, 0.3) is 0 Å². The fourth-order valence-corrected chi connectivity index (χ4v) is 7.89. The summed E-state index contributed by atoms with van der Waals surface area (Å²) in [6.07, 6.45) is 52.3. The van der Waals surface area contributed by atoms with E-state index in [0.29, 0.717) is 19.3 Å². The molecule has 0 bridgehead atoms. The molecule has 0 fully saturated rings. The summed E-state index contributed by atoms with van der Waals surface area (Å²) in [6, 6.07) is -0.698. The first-order valence-corrected chi connectivity index (χ1v) is 25.6. The smallest absolute Gasteiger partial charge is 0.306 e. The van der Waals surface area contributed by atoms with Crippen molar-refractivity contribution >= 4 is 11.9 Å². The number of hydrogen-bond acceptors (Lipinski definition) is 5. The number of aliphatic hydroxyl groups is 2. The van der Waals surface area contributed by atoms with Gasteiger partial charge in [0.2, 0.25) is 5.91 Å². The Labute approximate surface area is 361 Å². The molecular weight excluding hydrogens is 719 g/mol. The maximum atomic E-state index is 13.2. The van der Waals surface area contributed by atoms with Crippen LogP contribution in [0.2, 0.25) is 0 Å². The van der Waals surface area contributed by atoms with Crippen LogP contribution < -0.4 is 5.32 Å². The minimum atomic E-state index is -0.784. The van der Waals surface area contributed by atoms with Crippen molar-refractivity contribution in [2.75, 3.05) is 6.61 Å². The van der Waals surface area contributed by atoms with Gasteiger partial charge in [0.15, 0.2) is 0 Å². The largest absolute Gasteiger partial charge is 0.462 e. The van der Waals surface area contributed by atoms with E-state index in [1.54, 1.807) is 0 Å². The molecule has 0 aromatic rings. The first-order valence-electron chi connectivity index (χ1n) is 25.6. The lowest BCUT2D eigenvalue weighted by molar-refractivity contribution is -0.151. The van der Waals surface area contributed by atoms with Crippen molar-refractivity contribution < 1.29 is 24.5 Å². The van der Waals surface area contributed by atoms with E-state index in [1.165, 1.54) is 173 Å². The van der Waals surface area contributed by atoms with Crippen LogP contribution in [0.5, 0.6) is 0 Å². The van der Waals surface area contributed by atoms with Gasteiger partial charge in [0.25, 0.3) is 0 Å². The summed E-state index contributed by atoms with van der Waals surface area (Å²) in [5.41, 5.74) is 0. The third kappa shape index (κ3) is 41.1. The molecular formula is C52H99NO5. The summed E-state index contributed by atoms with van der Waals surface area (Å²) in [7, 11) is 0. The third-order valence-corrected chi connectivity index (χ3v) is 11.8. The van der Waals surface area contributed by atoms with Crippen LogP contribution in [0, 0.1) is 0 Å². The Morgan fingerprint density at radius 3 is 1.31 bits per heavy atom. The SMILES string of the molecule is CCCCC/C=C/C=C/CCCCCCCCC(=O)OC(CCCCCCCCCCCCC)CC(=O)NC(CO)C(O)CCCCCCCCCCCCCCC. The van der Waals surface area contributed by atoms with E-state index in [2.05, 4.69) is 50.4 Å². The fourth-order valence-electron chi connectivity index (χ4n) is 7.89. The van der Waals surface area contributed by atoms with Crippen LogP contribution in [0.4, 0.5) is 0 Å². The highest BCUT2D eigenvalue weighted by Crippen LogP contribution is 2.18. The summed E-state index contributed by atoms with van der Waals surface area (Å²) in [5, 5.41) is 23.7. The summed E-state index contributed by atoms with van der Waals surface area (Å²) in [6.45, 7) is 6.46. The predicted octanol–water partition coefficient (Wildman–Crippen LogP) is 15.1. The first-order chi connectivity index (χ1) is 28.5. The Morgan fingerprint density at radius 2 is 0.862 bits per heavy atom. The molecule has 0 spiro atoms. The van der Waals surface area contributed by atoms with Crippen molar-refractivity contribution in [2.24, 2.45) is 0 Å². The van der Waals surface area contributed by atoms with E-state index < -0.39 is 18.2 Å². The summed E-state index contributed by atoms with van der Waals surface area (Å²) in [4.78, 5) is 26.1. The number of rotatable bonds is 46. The molecule has 3 atom stereocenters. The number of aliphatic hydroxyl groups excluding tert-OH is 2. The Hall–Kier alpha value is -1.66. The second-order valence-corrected chi connectivity index (χ2v) is 17.6. The van der Waals surface area contributed by atoms with Crippen LogP contribution in [0.1, 0.15) is 271 Å². The minimum Gasteiger partial charge on any atom is -0.462 e. The normalized spacial score (nSPS) is 13.4. The molecule has 0 saturated carbocycles. The zero-order valence-electron chi connectivity index (χ0n) is 38.9. The second-order valence-electron chi connectivity index (χ2n) is 17.6. The molecule has 0 radical (unpaired) electrons. The number of carbonyl (C=O) groups excluding carboxylic acids is 2. The molecule has 0 rings (SSSR count). The summed E-state index contributed by atoms with van der Waals surface area (Å²) in [5.74, 6) is -0.475. The van der Waals surface area contributed by atoms with Gasteiger partial charge in [0.1, 0.15) is 6.10 Å². The molecule has 0 aliphatic rings. The summed E-state index contributed by atoms with van der Waals surface area (Å²) < 4.78 is 5.92. The summed E-state index contributed by atoms with van der Waals surface area (Å²) >= 11 is 0. The zero-order valence-corrected chi connectivity index (χ0v) is 38.9. The molecule has 0 aromatic carbocycles. The highest BCUT2D eigenvalue weighted by Gasteiger charge is 2.24. The monoisotopic (exact) mass is 818 g/mol. The van der Waals surface area contributed by atoms with E-state index >= 15 is 0 Å². The van der Waals surface area contributed by atoms with Crippen molar-refractivity contribution in [3.05, 3.63) is 24.3 Å². The number of carbonyl (C=O) groups is 2. The number of unbranched alkanes of at least 4 members (excludes halogenated alkanes) is 31. The van der Waals surface area contributed by atoms with E-state index in [1.807, 2.05) is 0 Å². The maximum absolute atomic E-state index is 13.2. The van der Waals surface area contributed by atoms with Crippen molar-refractivity contribution in [1.29, 1.82) is 0 Å². The van der Waals surface area contributed by atoms with Gasteiger partial charge in [0, 0.05) is 6.42 Å². The highest BCUT2D eigenvalue weighted by molar-refractivity contribution is 5.77. The number of esters is 1. The Balaban J connectivity index is 4.53. The third-order valence-electron chi connectivity index (χ3n) is 11.8. The molecule has 6 heteroatoms. The average Bonchev–Trinajstić information content (AvgIpc) is 3.22. The quantitative estimate of drug-likeness (QED) is 0.0323. The second kappa shape index (κ2) is 46.4. The molecule has 3 N–H and O–H groups in total. The molecule has 342 valence electrons. The molecule has 1 amide bonds. The number of amides is 1. The average molecular weight is 818 g/mol. The Morgan fingerprint density at radius 1 is 0.500 bits per heavy atom. The molecule has 58 heavy (non-hydrogen) atoms. The fraction of sp³-hybridized carbons (Fsp3) is 0.885. The van der Waals surface area contributed by atoms with Crippen molar-refractivity contribution in [2.45, 2.75) is 289 Å². The van der Waals surface area contributed by atoms with Crippen LogP contribution in [-0.2, 0) is 14.3 Å². The molecule has 0 aliphatic heterocycles. The molecule has 0 aromatic heterocycles. The van der Waals surface area contributed by atoms with Gasteiger partial charge in [-0.15, -0.1) is 0 Å². The standard InChI is InChI=1S/C52H99NO5/c1-4-7-10-13-16-19-22-24-25-27-30-33-36-39-42-45-52(57)58-48(43-40-37-34-31-28-21-18-15-12-9-6-3)46-51(56)53-49(47-54)50(55)44-41-38-35-32-29-26-23-20-17-14-11-8-5-2/h16,19,22,24,48-50,54-55H,4-15,17-18,20-21,23,25-47H2,1-3H3,(H,53,56)/b19-16+,24-22+. The van der Waals surface area contributed by atoms with E-state index in [-0.39, 0.29) is 24.9 Å². The lowest BCUT2D eigenvalue weighted by Crippen LogP contribution is -2.46. The van der Waals surface area contributed by atoms with Gasteiger partial charge in [0.05, 0.1) is 25.2 Å².